The van der Waals surface area contributed by atoms with Crippen LogP contribution in [0.4, 0.5) is 4.39 Å². The molecule has 2 rings (SSSR count). The summed E-state index contributed by atoms with van der Waals surface area (Å²) < 4.78 is 24.0. The molecule has 1 amide bonds. The molecule has 6 nitrogen and oxygen atoms in total. The van der Waals surface area contributed by atoms with E-state index < -0.39 is 23.7 Å². The van der Waals surface area contributed by atoms with E-state index in [2.05, 4.69) is 5.32 Å². The van der Waals surface area contributed by atoms with E-state index in [0.29, 0.717) is 18.8 Å². The summed E-state index contributed by atoms with van der Waals surface area (Å²) in [5, 5.41) is 11.8. The molecule has 0 saturated carbocycles. The molecule has 2 N–H and O–H groups in total. The van der Waals surface area contributed by atoms with Gasteiger partial charge in [-0.1, -0.05) is 30.3 Å². The van der Waals surface area contributed by atoms with Crippen LogP contribution in [-0.2, 0) is 20.9 Å². The van der Waals surface area contributed by atoms with E-state index in [1.165, 1.54) is 19.2 Å². The molecular weight excluding hydrogens is 341 g/mol. The smallest absolute Gasteiger partial charge is 0.330 e. The van der Waals surface area contributed by atoms with Gasteiger partial charge in [-0.25, -0.2) is 9.18 Å². The Morgan fingerprint density at radius 2 is 1.88 bits per heavy atom. The topological polar surface area (TPSA) is 84.9 Å². The summed E-state index contributed by atoms with van der Waals surface area (Å²) in [6.45, 7) is 0.651. The first-order valence-electron chi connectivity index (χ1n) is 7.96. The first-order valence-corrected chi connectivity index (χ1v) is 7.96. The lowest BCUT2D eigenvalue weighted by molar-refractivity contribution is -0.139. The van der Waals surface area contributed by atoms with Gasteiger partial charge in [0.15, 0.2) is 6.04 Å². The zero-order valence-corrected chi connectivity index (χ0v) is 14.3. The second-order valence-electron chi connectivity index (χ2n) is 5.51. The number of carboxylic acid groups (broad SMARTS) is 1. The highest BCUT2D eigenvalue weighted by molar-refractivity contribution is 5.97. The van der Waals surface area contributed by atoms with Crippen molar-refractivity contribution in [3.8, 4) is 0 Å². The molecule has 2 aromatic carbocycles. The molecule has 0 radical (unpaired) electrons. The van der Waals surface area contributed by atoms with Crippen LogP contribution in [0.25, 0.3) is 0 Å². The van der Waals surface area contributed by atoms with Gasteiger partial charge >= 0.3 is 5.97 Å². The van der Waals surface area contributed by atoms with Crippen LogP contribution >= 0.6 is 0 Å². The van der Waals surface area contributed by atoms with Crippen LogP contribution in [0.5, 0.6) is 0 Å². The van der Waals surface area contributed by atoms with Gasteiger partial charge in [0.25, 0.3) is 5.91 Å². The zero-order valence-electron chi connectivity index (χ0n) is 14.3. The predicted octanol–water partition coefficient (Wildman–Crippen LogP) is 2.54. The molecule has 0 fully saturated rings. The minimum Gasteiger partial charge on any atom is -0.479 e. The predicted molar refractivity (Wildman–Crippen MR) is 92.2 cm³/mol. The van der Waals surface area contributed by atoms with E-state index in [4.69, 9.17) is 9.47 Å². The van der Waals surface area contributed by atoms with Gasteiger partial charge in [0, 0.05) is 18.2 Å². The summed E-state index contributed by atoms with van der Waals surface area (Å²) in [5.41, 5.74) is 0.804. The average Bonchev–Trinajstić information content (AvgIpc) is 2.64. The standard InChI is InChI=1S/C19H20FNO5/c1-25-9-10-26-12-15-11-14(7-8-16(15)20)18(22)21-17(19(23)24)13-5-3-2-4-6-13/h2-8,11,17H,9-10,12H2,1H3,(H,21,22)(H,23,24)/t17-/m1/s1. The Bertz CT molecular complexity index is 751. The second kappa shape index (κ2) is 9.65. The number of carbonyl (C=O) groups is 2. The molecular formula is C19H20FNO5. The van der Waals surface area contributed by atoms with Crippen molar-refractivity contribution in [1.82, 2.24) is 5.32 Å². The number of rotatable bonds is 9. The fraction of sp³-hybridized carbons (Fsp3) is 0.263. The van der Waals surface area contributed by atoms with Crippen molar-refractivity contribution >= 4 is 11.9 Å². The monoisotopic (exact) mass is 361 g/mol. The lowest BCUT2D eigenvalue weighted by Gasteiger charge is -2.15. The maximum atomic E-state index is 13.9. The molecule has 0 aromatic heterocycles. The van der Waals surface area contributed by atoms with Crippen LogP contribution in [0.15, 0.2) is 48.5 Å². The quantitative estimate of drug-likeness (QED) is 0.671. The Labute approximate surface area is 150 Å². The van der Waals surface area contributed by atoms with E-state index in [1.54, 1.807) is 30.3 Å². The molecule has 1 atom stereocenters. The molecule has 0 heterocycles. The third-order valence-electron chi connectivity index (χ3n) is 3.65. The number of aliphatic carboxylic acids is 1. The summed E-state index contributed by atoms with van der Waals surface area (Å²) in [4.78, 5) is 23.9. The summed E-state index contributed by atoms with van der Waals surface area (Å²) in [7, 11) is 1.53. The van der Waals surface area contributed by atoms with Gasteiger partial charge < -0.3 is 19.9 Å². The Balaban J connectivity index is 2.11. The zero-order chi connectivity index (χ0) is 18.9. The minimum atomic E-state index is -1.20. The molecule has 0 unspecified atom stereocenters. The molecule has 0 saturated heterocycles. The van der Waals surface area contributed by atoms with Crippen molar-refractivity contribution in [2.24, 2.45) is 0 Å². The van der Waals surface area contributed by atoms with Crippen molar-refractivity contribution < 1.29 is 28.6 Å². The number of halogens is 1. The average molecular weight is 361 g/mol. The van der Waals surface area contributed by atoms with Gasteiger partial charge in [-0.15, -0.1) is 0 Å². The second-order valence-corrected chi connectivity index (χ2v) is 5.51. The van der Waals surface area contributed by atoms with E-state index in [9.17, 15) is 19.1 Å². The number of methoxy groups -OCH3 is 1. The van der Waals surface area contributed by atoms with Crippen LogP contribution in [0.2, 0.25) is 0 Å². The molecule has 0 aliphatic carbocycles. The number of carboxylic acids is 1. The minimum absolute atomic E-state index is 0.0165. The van der Waals surface area contributed by atoms with Crippen LogP contribution in [0, 0.1) is 5.82 Å². The van der Waals surface area contributed by atoms with Gasteiger partial charge in [0.1, 0.15) is 5.82 Å². The highest BCUT2D eigenvalue weighted by Gasteiger charge is 2.22. The number of benzene rings is 2. The Morgan fingerprint density at radius 3 is 2.54 bits per heavy atom. The van der Waals surface area contributed by atoms with Crippen molar-refractivity contribution in [2.45, 2.75) is 12.6 Å². The lowest BCUT2D eigenvalue weighted by atomic mass is 10.1. The van der Waals surface area contributed by atoms with Gasteiger partial charge in [-0.3, -0.25) is 4.79 Å². The van der Waals surface area contributed by atoms with E-state index in [0.717, 1.165) is 6.07 Å². The van der Waals surface area contributed by atoms with Crippen LogP contribution in [-0.4, -0.2) is 37.3 Å². The highest BCUT2D eigenvalue weighted by Crippen LogP contribution is 2.16. The van der Waals surface area contributed by atoms with Crippen LogP contribution in [0.3, 0.4) is 0 Å². The van der Waals surface area contributed by atoms with Crippen LogP contribution < -0.4 is 5.32 Å². The molecule has 26 heavy (non-hydrogen) atoms. The van der Waals surface area contributed by atoms with Gasteiger partial charge in [-0.05, 0) is 23.8 Å². The summed E-state index contributed by atoms with van der Waals surface area (Å²) in [5.74, 6) is -2.30. The Hall–Kier alpha value is -2.77. The summed E-state index contributed by atoms with van der Waals surface area (Å²) >= 11 is 0. The molecule has 138 valence electrons. The Kier molecular flexibility index (Phi) is 7.25. The fourth-order valence-electron chi connectivity index (χ4n) is 2.30. The summed E-state index contributed by atoms with van der Waals surface area (Å²) in [6, 6.07) is 10.9. The van der Waals surface area contributed by atoms with Crippen molar-refractivity contribution in [3.05, 3.63) is 71.0 Å². The third-order valence-corrected chi connectivity index (χ3v) is 3.65. The fourth-order valence-corrected chi connectivity index (χ4v) is 2.30. The van der Waals surface area contributed by atoms with Gasteiger partial charge in [-0.2, -0.15) is 0 Å². The number of amides is 1. The highest BCUT2D eigenvalue weighted by atomic mass is 19.1. The molecule has 2 aromatic rings. The SMILES string of the molecule is COCCOCc1cc(C(=O)N[C@@H](C(=O)O)c2ccccc2)ccc1F. The van der Waals surface area contributed by atoms with Crippen LogP contribution in [0.1, 0.15) is 27.5 Å². The molecule has 7 heteroatoms. The van der Waals surface area contributed by atoms with Gasteiger partial charge in [0.2, 0.25) is 0 Å². The first-order chi connectivity index (χ1) is 12.5. The number of ether oxygens (including phenoxy) is 2. The van der Waals surface area contributed by atoms with Crippen molar-refractivity contribution in [3.63, 3.8) is 0 Å². The number of carbonyl (C=O) groups excluding carboxylic acids is 1. The molecule has 0 aliphatic rings. The molecule has 0 bridgehead atoms. The van der Waals surface area contributed by atoms with E-state index >= 15 is 0 Å². The molecule has 0 spiro atoms. The number of nitrogens with one attached hydrogen (secondary N) is 1. The first kappa shape index (κ1) is 19.6. The number of hydrogen-bond donors (Lipinski definition) is 2. The van der Waals surface area contributed by atoms with E-state index in [-0.39, 0.29) is 17.7 Å². The van der Waals surface area contributed by atoms with Crippen molar-refractivity contribution in [2.75, 3.05) is 20.3 Å². The van der Waals surface area contributed by atoms with E-state index in [1.807, 2.05) is 0 Å². The lowest BCUT2D eigenvalue weighted by Crippen LogP contribution is -2.33. The van der Waals surface area contributed by atoms with Crippen molar-refractivity contribution in [1.29, 1.82) is 0 Å². The largest absolute Gasteiger partial charge is 0.479 e. The summed E-state index contributed by atoms with van der Waals surface area (Å²) in [6.07, 6.45) is 0. The van der Waals surface area contributed by atoms with Gasteiger partial charge in [0.05, 0.1) is 19.8 Å². The Morgan fingerprint density at radius 1 is 1.15 bits per heavy atom. The third kappa shape index (κ3) is 5.37. The normalized spacial score (nSPS) is 11.8. The number of hydrogen-bond acceptors (Lipinski definition) is 4. The molecule has 0 aliphatic heterocycles. The maximum absolute atomic E-state index is 13.9. The maximum Gasteiger partial charge on any atom is 0.330 e.